The summed E-state index contributed by atoms with van der Waals surface area (Å²) in [6.45, 7) is 2.26. The van der Waals surface area contributed by atoms with Gasteiger partial charge in [-0.2, -0.15) is 13.2 Å². The molecule has 1 aliphatic rings. The van der Waals surface area contributed by atoms with E-state index in [1.54, 1.807) is 30.4 Å². The zero-order valence-electron chi connectivity index (χ0n) is 18.5. The number of nitrogens with one attached hydrogen (secondary N) is 2. The standard InChI is InChI=1S/C24H26F3N5O/c1-15-5-6-19(31-23(33)14-32-7-3-4-18(13-32)24(25,26)27)9-20(15)16-8-17-12-30-22(28-2)10-21(17)29-11-16/h5-6,8-12,18H,3-4,7,13-14H2,1-2H3,(H,28,30)(H,31,33)/t18-/m0/s1. The number of carbonyl (C=O) groups excluding carboxylic acids is 1. The number of fused-ring (bicyclic) bond motifs is 1. The van der Waals surface area contributed by atoms with Crippen molar-refractivity contribution in [3.05, 3.63) is 48.3 Å². The van der Waals surface area contributed by atoms with E-state index in [4.69, 9.17) is 0 Å². The van der Waals surface area contributed by atoms with E-state index >= 15 is 0 Å². The molecule has 174 valence electrons. The Bertz CT molecular complexity index is 1160. The molecule has 1 aromatic carbocycles. The number of likely N-dealkylation sites (tertiary alicyclic amines) is 1. The van der Waals surface area contributed by atoms with E-state index < -0.39 is 12.1 Å². The Hall–Kier alpha value is -3.20. The summed E-state index contributed by atoms with van der Waals surface area (Å²) in [5.74, 6) is -0.962. The predicted octanol–water partition coefficient (Wildman–Crippen LogP) is 4.86. The second-order valence-corrected chi connectivity index (χ2v) is 8.43. The highest BCUT2D eigenvalue weighted by molar-refractivity contribution is 5.93. The van der Waals surface area contributed by atoms with Gasteiger partial charge in [-0.3, -0.25) is 14.7 Å². The van der Waals surface area contributed by atoms with Gasteiger partial charge >= 0.3 is 6.18 Å². The van der Waals surface area contributed by atoms with Crippen molar-refractivity contribution in [3.8, 4) is 11.1 Å². The Morgan fingerprint density at radius 3 is 2.76 bits per heavy atom. The molecule has 1 atom stereocenters. The van der Waals surface area contributed by atoms with E-state index in [-0.39, 0.29) is 25.4 Å². The molecule has 3 aromatic rings. The fraction of sp³-hybridized carbons (Fsp3) is 0.375. The van der Waals surface area contributed by atoms with Crippen LogP contribution in [0.3, 0.4) is 0 Å². The third-order valence-corrected chi connectivity index (χ3v) is 5.99. The van der Waals surface area contributed by atoms with Crippen LogP contribution in [0.4, 0.5) is 24.7 Å². The molecule has 4 rings (SSSR count). The number of carbonyl (C=O) groups is 1. The number of nitrogens with zero attached hydrogens (tertiary/aromatic N) is 3. The zero-order chi connectivity index (χ0) is 23.6. The topological polar surface area (TPSA) is 70.2 Å². The van der Waals surface area contributed by atoms with Gasteiger partial charge in [0.05, 0.1) is 18.0 Å². The number of pyridine rings is 2. The third kappa shape index (κ3) is 5.42. The first-order valence-electron chi connectivity index (χ1n) is 10.9. The maximum absolute atomic E-state index is 13.0. The van der Waals surface area contributed by atoms with Crippen molar-refractivity contribution in [2.24, 2.45) is 5.92 Å². The molecule has 2 N–H and O–H groups in total. The number of aromatic nitrogens is 2. The molecular weight excluding hydrogens is 431 g/mol. The van der Waals surface area contributed by atoms with E-state index in [0.29, 0.717) is 18.7 Å². The van der Waals surface area contributed by atoms with Crippen molar-refractivity contribution in [2.75, 3.05) is 37.3 Å². The Labute approximate surface area is 190 Å². The van der Waals surface area contributed by atoms with Crippen molar-refractivity contribution in [2.45, 2.75) is 25.9 Å². The van der Waals surface area contributed by atoms with Gasteiger partial charge in [0.2, 0.25) is 5.91 Å². The van der Waals surface area contributed by atoms with Crippen LogP contribution in [-0.2, 0) is 4.79 Å². The SMILES string of the molecule is CNc1cc2ncc(-c3cc(NC(=O)CN4CCC[C@H](C(F)(F)F)C4)ccc3C)cc2cn1. The summed E-state index contributed by atoms with van der Waals surface area (Å²) < 4.78 is 39.1. The number of alkyl halides is 3. The molecule has 3 heterocycles. The van der Waals surface area contributed by atoms with Gasteiger partial charge in [-0.1, -0.05) is 6.07 Å². The molecule has 1 aliphatic heterocycles. The average molecular weight is 458 g/mol. The normalized spacial score (nSPS) is 17.2. The first-order chi connectivity index (χ1) is 15.7. The lowest BCUT2D eigenvalue weighted by molar-refractivity contribution is -0.186. The molecule has 1 fully saturated rings. The van der Waals surface area contributed by atoms with Crippen molar-refractivity contribution >= 4 is 28.3 Å². The van der Waals surface area contributed by atoms with Crippen LogP contribution in [0, 0.1) is 12.8 Å². The number of anilines is 2. The number of amides is 1. The van der Waals surface area contributed by atoms with Crippen LogP contribution in [-0.4, -0.2) is 53.6 Å². The lowest BCUT2D eigenvalue weighted by Gasteiger charge is -2.33. The average Bonchev–Trinajstić information content (AvgIpc) is 2.79. The highest BCUT2D eigenvalue weighted by Crippen LogP contribution is 2.33. The Morgan fingerprint density at radius 1 is 1.18 bits per heavy atom. The second-order valence-electron chi connectivity index (χ2n) is 8.43. The molecule has 33 heavy (non-hydrogen) atoms. The van der Waals surface area contributed by atoms with E-state index in [2.05, 4.69) is 20.6 Å². The molecular formula is C24H26F3N5O. The summed E-state index contributed by atoms with van der Waals surface area (Å²) in [6, 6.07) is 9.42. The molecule has 0 unspecified atom stereocenters. The fourth-order valence-corrected chi connectivity index (χ4v) is 4.19. The maximum Gasteiger partial charge on any atom is 0.393 e. The summed E-state index contributed by atoms with van der Waals surface area (Å²) in [5, 5.41) is 6.71. The molecule has 6 nitrogen and oxygen atoms in total. The Kier molecular flexibility index (Phi) is 6.51. The summed E-state index contributed by atoms with van der Waals surface area (Å²) in [5.41, 5.74) is 4.22. The summed E-state index contributed by atoms with van der Waals surface area (Å²) in [7, 11) is 1.80. The number of hydrogen-bond acceptors (Lipinski definition) is 5. The van der Waals surface area contributed by atoms with Crippen molar-refractivity contribution in [1.29, 1.82) is 0 Å². The van der Waals surface area contributed by atoms with Crippen molar-refractivity contribution in [1.82, 2.24) is 14.9 Å². The van der Waals surface area contributed by atoms with Crippen LogP contribution in [0.5, 0.6) is 0 Å². The number of hydrogen-bond donors (Lipinski definition) is 2. The number of benzene rings is 1. The fourth-order valence-electron chi connectivity index (χ4n) is 4.19. The summed E-state index contributed by atoms with van der Waals surface area (Å²) >= 11 is 0. The molecule has 1 saturated heterocycles. The predicted molar refractivity (Wildman–Crippen MR) is 123 cm³/mol. The molecule has 9 heteroatoms. The number of rotatable bonds is 5. The molecule has 0 saturated carbocycles. The van der Waals surface area contributed by atoms with E-state index in [1.807, 2.05) is 31.2 Å². The minimum Gasteiger partial charge on any atom is -0.373 e. The van der Waals surface area contributed by atoms with Crippen LogP contribution in [0.25, 0.3) is 22.0 Å². The lowest BCUT2D eigenvalue weighted by atomic mass is 9.97. The second kappa shape index (κ2) is 9.35. The monoisotopic (exact) mass is 457 g/mol. The number of halogens is 3. The van der Waals surface area contributed by atoms with Crippen LogP contribution in [0.2, 0.25) is 0 Å². The van der Waals surface area contributed by atoms with Crippen LogP contribution >= 0.6 is 0 Å². The molecule has 0 spiro atoms. The highest BCUT2D eigenvalue weighted by Gasteiger charge is 2.41. The van der Waals surface area contributed by atoms with E-state index in [1.165, 1.54) is 0 Å². The minimum absolute atomic E-state index is 0.0627. The Morgan fingerprint density at radius 2 is 2.00 bits per heavy atom. The Balaban J connectivity index is 1.48. The van der Waals surface area contributed by atoms with Gasteiger partial charge in [0.25, 0.3) is 0 Å². The lowest BCUT2D eigenvalue weighted by Crippen LogP contribution is -2.44. The number of aryl methyl sites for hydroxylation is 1. The molecule has 0 aliphatic carbocycles. The number of piperidine rings is 1. The largest absolute Gasteiger partial charge is 0.393 e. The first kappa shape index (κ1) is 23.0. The van der Waals surface area contributed by atoms with E-state index in [0.717, 1.165) is 33.4 Å². The van der Waals surface area contributed by atoms with Crippen LogP contribution in [0.15, 0.2) is 42.7 Å². The minimum atomic E-state index is -4.22. The quantitative estimate of drug-likeness (QED) is 0.573. The smallest absolute Gasteiger partial charge is 0.373 e. The summed E-state index contributed by atoms with van der Waals surface area (Å²) in [6.07, 6.45) is -0.133. The van der Waals surface area contributed by atoms with Crippen molar-refractivity contribution in [3.63, 3.8) is 0 Å². The molecule has 0 radical (unpaired) electrons. The summed E-state index contributed by atoms with van der Waals surface area (Å²) in [4.78, 5) is 23.0. The van der Waals surface area contributed by atoms with Gasteiger partial charge in [0.15, 0.2) is 0 Å². The van der Waals surface area contributed by atoms with Gasteiger partial charge in [-0.15, -0.1) is 0 Å². The zero-order valence-corrected chi connectivity index (χ0v) is 18.5. The third-order valence-electron chi connectivity index (χ3n) is 5.99. The van der Waals surface area contributed by atoms with Crippen molar-refractivity contribution < 1.29 is 18.0 Å². The van der Waals surface area contributed by atoms with Gasteiger partial charge in [-0.05, 0) is 55.6 Å². The van der Waals surface area contributed by atoms with Crippen LogP contribution in [0.1, 0.15) is 18.4 Å². The van der Waals surface area contributed by atoms with Crippen LogP contribution < -0.4 is 10.6 Å². The van der Waals surface area contributed by atoms with Gasteiger partial charge < -0.3 is 10.6 Å². The molecule has 2 aromatic heterocycles. The van der Waals surface area contributed by atoms with Gasteiger partial charge in [0, 0.05) is 48.7 Å². The first-order valence-corrected chi connectivity index (χ1v) is 10.9. The highest BCUT2D eigenvalue weighted by atomic mass is 19.4. The van der Waals surface area contributed by atoms with Gasteiger partial charge in [-0.25, -0.2) is 4.98 Å². The molecule has 0 bridgehead atoms. The maximum atomic E-state index is 13.0. The molecule has 1 amide bonds. The van der Waals surface area contributed by atoms with E-state index in [9.17, 15) is 18.0 Å². The van der Waals surface area contributed by atoms with Gasteiger partial charge in [0.1, 0.15) is 5.82 Å².